The fourth-order valence-corrected chi connectivity index (χ4v) is 3.83. The second-order valence-corrected chi connectivity index (χ2v) is 7.76. The summed E-state index contributed by atoms with van der Waals surface area (Å²) >= 11 is 5.65. The molecule has 1 aliphatic rings. The average molecular weight is 345 g/mol. The minimum Gasteiger partial charge on any atom is -0.370 e. The van der Waals surface area contributed by atoms with Crippen LogP contribution in [-0.2, 0) is 21.2 Å². The van der Waals surface area contributed by atoms with Gasteiger partial charge in [0.15, 0.2) is 0 Å². The zero-order valence-corrected chi connectivity index (χ0v) is 13.9. The van der Waals surface area contributed by atoms with Gasteiger partial charge in [-0.15, -0.1) is 11.6 Å². The lowest BCUT2D eigenvalue weighted by Crippen LogP contribution is -2.39. The molecule has 0 radical (unpaired) electrons. The molecular formula is C15H21ClN2O3S. The molecule has 1 fully saturated rings. The summed E-state index contributed by atoms with van der Waals surface area (Å²) in [5.41, 5.74) is 6.25. The highest BCUT2D eigenvalue weighted by atomic mass is 35.5. The van der Waals surface area contributed by atoms with Gasteiger partial charge in [0.25, 0.3) is 0 Å². The van der Waals surface area contributed by atoms with Crippen molar-refractivity contribution in [3.05, 3.63) is 29.8 Å². The molecule has 0 aliphatic heterocycles. The number of nitrogens with one attached hydrogen (secondary N) is 1. The maximum Gasteiger partial charge on any atom is 0.240 e. The second-order valence-electron chi connectivity index (χ2n) is 5.67. The highest BCUT2D eigenvalue weighted by Gasteiger charge is 2.35. The third kappa shape index (κ3) is 4.97. The number of hydrogen-bond acceptors (Lipinski definition) is 3. The van der Waals surface area contributed by atoms with Gasteiger partial charge in [-0.3, -0.25) is 4.79 Å². The van der Waals surface area contributed by atoms with E-state index in [-0.39, 0.29) is 17.2 Å². The first-order valence-electron chi connectivity index (χ1n) is 7.38. The van der Waals surface area contributed by atoms with E-state index < -0.39 is 22.0 Å². The molecule has 1 amide bonds. The third-order valence-electron chi connectivity index (χ3n) is 3.75. The van der Waals surface area contributed by atoms with Crippen LogP contribution in [0, 0.1) is 5.92 Å². The first kappa shape index (κ1) is 17.2. The standard InChI is InChI=1S/C15H21ClN2O3S/c16-9-1-2-11-3-7-13(8-4-11)22(20,21)18-14(10-15(17)19)12-5-6-12/h3-4,7-8,12,14,18H,1-2,5-6,9-10H2,(H2,17,19)/t14-/m1/s1. The summed E-state index contributed by atoms with van der Waals surface area (Å²) in [5.74, 6) is 0.305. The number of hydrogen-bond donors (Lipinski definition) is 2. The van der Waals surface area contributed by atoms with Crippen LogP contribution in [0.5, 0.6) is 0 Å². The summed E-state index contributed by atoms with van der Waals surface area (Å²) in [5, 5.41) is 0. The van der Waals surface area contributed by atoms with Gasteiger partial charge in [0.2, 0.25) is 15.9 Å². The number of primary amides is 1. The van der Waals surface area contributed by atoms with E-state index in [1.807, 2.05) is 0 Å². The predicted molar refractivity (Wildman–Crippen MR) is 86.1 cm³/mol. The summed E-state index contributed by atoms with van der Waals surface area (Å²) in [6.45, 7) is 0. The van der Waals surface area contributed by atoms with E-state index in [1.165, 1.54) is 0 Å². The molecule has 0 heterocycles. The Labute approximate surface area is 136 Å². The SMILES string of the molecule is NC(=O)C[C@@H](NS(=O)(=O)c1ccc(CCCCl)cc1)C1CC1. The maximum atomic E-state index is 12.4. The van der Waals surface area contributed by atoms with E-state index in [2.05, 4.69) is 4.72 Å². The molecule has 1 aromatic rings. The van der Waals surface area contributed by atoms with Crippen LogP contribution >= 0.6 is 11.6 Å². The van der Waals surface area contributed by atoms with Crippen molar-refractivity contribution >= 4 is 27.5 Å². The molecule has 5 nitrogen and oxygen atoms in total. The smallest absolute Gasteiger partial charge is 0.240 e. The van der Waals surface area contributed by atoms with Crippen LogP contribution in [0.3, 0.4) is 0 Å². The maximum absolute atomic E-state index is 12.4. The molecule has 1 saturated carbocycles. The van der Waals surface area contributed by atoms with E-state index in [0.29, 0.717) is 5.88 Å². The fraction of sp³-hybridized carbons (Fsp3) is 0.533. The number of benzene rings is 1. The molecule has 0 saturated heterocycles. The molecule has 122 valence electrons. The molecule has 3 N–H and O–H groups in total. The van der Waals surface area contributed by atoms with Crippen LogP contribution in [0.2, 0.25) is 0 Å². The number of carbonyl (C=O) groups excluding carboxylic acids is 1. The Morgan fingerprint density at radius 3 is 2.45 bits per heavy atom. The van der Waals surface area contributed by atoms with Crippen molar-refractivity contribution in [2.45, 2.75) is 43.0 Å². The molecule has 1 aromatic carbocycles. The predicted octanol–water partition coefficient (Wildman–Crippen LogP) is 1.79. The van der Waals surface area contributed by atoms with Crippen LogP contribution in [0.4, 0.5) is 0 Å². The van der Waals surface area contributed by atoms with Gasteiger partial charge in [0, 0.05) is 18.3 Å². The summed E-state index contributed by atoms with van der Waals surface area (Å²) in [4.78, 5) is 11.3. The van der Waals surface area contributed by atoms with Crippen molar-refractivity contribution in [2.24, 2.45) is 11.7 Å². The first-order valence-corrected chi connectivity index (χ1v) is 9.39. The number of nitrogens with two attached hydrogens (primary N) is 1. The van der Waals surface area contributed by atoms with Crippen molar-refractivity contribution < 1.29 is 13.2 Å². The molecule has 0 bridgehead atoms. The van der Waals surface area contributed by atoms with E-state index in [1.54, 1.807) is 24.3 Å². The highest BCUT2D eigenvalue weighted by molar-refractivity contribution is 7.89. The first-order chi connectivity index (χ1) is 10.4. The molecule has 2 rings (SSSR count). The lowest BCUT2D eigenvalue weighted by atomic mass is 10.1. The number of aryl methyl sites for hydroxylation is 1. The lowest BCUT2D eigenvalue weighted by Gasteiger charge is -2.17. The van der Waals surface area contributed by atoms with Crippen LogP contribution in [-0.4, -0.2) is 26.2 Å². The van der Waals surface area contributed by atoms with Crippen LogP contribution in [0.25, 0.3) is 0 Å². The number of rotatable bonds is 9. The zero-order valence-electron chi connectivity index (χ0n) is 12.3. The fourth-order valence-electron chi connectivity index (χ4n) is 2.39. The van der Waals surface area contributed by atoms with E-state index in [4.69, 9.17) is 17.3 Å². The molecule has 0 spiro atoms. The highest BCUT2D eigenvalue weighted by Crippen LogP contribution is 2.34. The Hall–Kier alpha value is -1.11. The number of sulfonamides is 1. The van der Waals surface area contributed by atoms with Gasteiger partial charge in [-0.05, 0) is 49.3 Å². The minimum atomic E-state index is -3.63. The van der Waals surface area contributed by atoms with Gasteiger partial charge < -0.3 is 5.73 Å². The van der Waals surface area contributed by atoms with Gasteiger partial charge in [0.1, 0.15) is 0 Å². The Bertz CT molecular complexity index is 612. The Morgan fingerprint density at radius 1 is 1.32 bits per heavy atom. The number of halogens is 1. The molecule has 0 aromatic heterocycles. The number of carbonyl (C=O) groups is 1. The monoisotopic (exact) mass is 344 g/mol. The molecule has 0 unspecified atom stereocenters. The second kappa shape index (κ2) is 7.44. The quantitative estimate of drug-likeness (QED) is 0.669. The molecule has 7 heteroatoms. The zero-order chi connectivity index (χ0) is 16.2. The van der Waals surface area contributed by atoms with Crippen LogP contribution in [0.1, 0.15) is 31.2 Å². The van der Waals surface area contributed by atoms with E-state index in [0.717, 1.165) is 31.2 Å². The van der Waals surface area contributed by atoms with Crippen LogP contribution in [0.15, 0.2) is 29.2 Å². The van der Waals surface area contributed by atoms with Crippen molar-refractivity contribution in [1.82, 2.24) is 4.72 Å². The number of alkyl halides is 1. The van der Waals surface area contributed by atoms with Crippen molar-refractivity contribution in [2.75, 3.05) is 5.88 Å². The Kier molecular flexibility index (Phi) is 5.83. The van der Waals surface area contributed by atoms with Gasteiger partial charge in [0.05, 0.1) is 4.90 Å². The Balaban J connectivity index is 2.06. The lowest BCUT2D eigenvalue weighted by molar-refractivity contribution is -0.118. The van der Waals surface area contributed by atoms with Gasteiger partial charge in [-0.25, -0.2) is 13.1 Å². The van der Waals surface area contributed by atoms with Crippen molar-refractivity contribution in [1.29, 1.82) is 0 Å². The van der Waals surface area contributed by atoms with E-state index in [9.17, 15) is 13.2 Å². The normalized spacial score (nSPS) is 16.4. The van der Waals surface area contributed by atoms with Crippen molar-refractivity contribution in [3.63, 3.8) is 0 Å². The van der Waals surface area contributed by atoms with Gasteiger partial charge in [-0.2, -0.15) is 0 Å². The molecule has 22 heavy (non-hydrogen) atoms. The minimum absolute atomic E-state index is 0.0394. The Morgan fingerprint density at radius 2 is 1.95 bits per heavy atom. The summed E-state index contributed by atoms with van der Waals surface area (Å²) in [7, 11) is -3.63. The molecule has 1 aliphatic carbocycles. The average Bonchev–Trinajstić information content (AvgIpc) is 3.28. The molecule has 1 atom stereocenters. The summed E-state index contributed by atoms with van der Waals surface area (Å²) < 4.78 is 27.4. The summed E-state index contributed by atoms with van der Waals surface area (Å²) in [6.07, 6.45) is 3.57. The van der Waals surface area contributed by atoms with Gasteiger partial charge >= 0.3 is 0 Å². The van der Waals surface area contributed by atoms with Crippen molar-refractivity contribution in [3.8, 4) is 0 Å². The summed E-state index contributed by atoms with van der Waals surface area (Å²) in [6, 6.07) is 6.35. The topological polar surface area (TPSA) is 89.3 Å². The largest absolute Gasteiger partial charge is 0.370 e. The van der Waals surface area contributed by atoms with E-state index >= 15 is 0 Å². The van der Waals surface area contributed by atoms with Gasteiger partial charge in [-0.1, -0.05) is 12.1 Å². The molecular weight excluding hydrogens is 324 g/mol. The number of amides is 1. The third-order valence-corrected chi connectivity index (χ3v) is 5.52. The van der Waals surface area contributed by atoms with Crippen LogP contribution < -0.4 is 10.5 Å².